The predicted octanol–water partition coefficient (Wildman–Crippen LogP) is 10.9. The Morgan fingerprint density at radius 2 is 0.357 bits per heavy atom. The molecule has 0 N–H and O–H groups in total. The van der Waals surface area contributed by atoms with Gasteiger partial charge >= 0.3 is 0 Å². The molecule has 0 aliphatic heterocycles. The van der Waals surface area contributed by atoms with Gasteiger partial charge in [-0.25, -0.2) is 87.8 Å². The molecule has 0 atom stereocenters. The van der Waals surface area contributed by atoms with Crippen LogP contribution >= 0.6 is 7.92 Å². The molecule has 0 amide bonds. The van der Waals surface area contributed by atoms with Crippen LogP contribution in [0.4, 0.5) is 87.8 Å². The Morgan fingerprint density at radius 3 is 0.500 bits per heavy atom. The van der Waals surface area contributed by atoms with Gasteiger partial charge in [0.15, 0.2) is 69.8 Å². The number of hydrogen-bond donors (Lipinski definition) is 0. The highest BCUT2D eigenvalue weighted by molar-refractivity contribution is 7.80. The summed E-state index contributed by atoms with van der Waals surface area (Å²) in [6.45, 7) is 13.6. The molecule has 0 saturated heterocycles. The monoisotopic (exact) mass is 1030 g/mol. The van der Waals surface area contributed by atoms with Crippen molar-refractivity contribution in [1.29, 1.82) is 0 Å². The first-order valence-corrected chi connectivity index (χ1v) is 21.4. The van der Waals surface area contributed by atoms with Crippen molar-refractivity contribution in [3.8, 4) is 0 Å². The average molecular weight is 1030 g/mol. The molecule has 7 aromatic rings. The lowest BCUT2D eigenvalue weighted by Crippen LogP contribution is -2.81. The van der Waals surface area contributed by atoms with Gasteiger partial charge in [0.05, 0.1) is 0 Å². The minimum atomic E-state index is -7.22. The van der Waals surface area contributed by atoms with Gasteiger partial charge in [-0.2, -0.15) is 0 Å². The lowest BCUT2D eigenvalue weighted by molar-refractivity contribution is 0.378. The van der Waals surface area contributed by atoms with Gasteiger partial charge in [-0.05, 0) is 74.9 Å². The van der Waals surface area contributed by atoms with Gasteiger partial charge in [-0.1, -0.05) is 54.6 Å². The van der Waals surface area contributed by atoms with E-state index >= 15 is 35.1 Å². The van der Waals surface area contributed by atoms with Crippen LogP contribution in [0, 0.1) is 158 Å². The molecule has 0 bridgehead atoms. The number of benzene rings is 7. The SMILES string of the molecule is Cc1cccc(C)c1[PH+](c1c(C)cccc1C)c1c(C)cccc1C.Fc1c(F)c(F)c([B-](c2c(F)c(F)c(F)c(F)c2F)(c2c(F)c(F)c(F)c(F)c2F)c2c(F)c(F)c(F)c(F)c2F)c(F)c1F. The molecule has 0 unspecified atom stereocenters. The molecule has 70 heavy (non-hydrogen) atoms. The molecule has 0 aliphatic rings. The highest BCUT2D eigenvalue weighted by atomic mass is 31.1. The fourth-order valence-electron chi connectivity index (χ4n) is 8.88. The van der Waals surface area contributed by atoms with E-state index < -0.39 is 152 Å². The summed E-state index contributed by atoms with van der Waals surface area (Å²) in [6, 6.07) is 20.2. The fourth-order valence-corrected chi connectivity index (χ4v) is 12.5. The topological polar surface area (TPSA) is 0 Å². The van der Waals surface area contributed by atoms with Crippen molar-refractivity contribution in [2.75, 3.05) is 0 Å². The van der Waals surface area contributed by atoms with Crippen LogP contribution < -0.4 is 37.8 Å². The third kappa shape index (κ3) is 8.06. The van der Waals surface area contributed by atoms with E-state index in [1.165, 1.54) is 33.4 Å². The van der Waals surface area contributed by atoms with E-state index in [4.69, 9.17) is 0 Å². The van der Waals surface area contributed by atoms with Crippen molar-refractivity contribution in [3.63, 3.8) is 0 Å². The highest BCUT2D eigenvalue weighted by Crippen LogP contribution is 2.40. The van der Waals surface area contributed by atoms with E-state index in [0.717, 1.165) is 0 Å². The summed E-state index contributed by atoms with van der Waals surface area (Å²) in [4.78, 5) is 0. The average Bonchev–Trinajstić information content (AvgIpc) is 3.31. The molecule has 0 nitrogen and oxygen atoms in total. The summed E-state index contributed by atoms with van der Waals surface area (Å²) < 4.78 is 294. The maximum atomic E-state index is 15.4. The third-order valence-electron chi connectivity index (χ3n) is 11.9. The Hall–Kier alpha value is -6.37. The Bertz CT molecular complexity index is 2730. The lowest BCUT2D eigenvalue weighted by atomic mass is 9.12. The van der Waals surface area contributed by atoms with Crippen LogP contribution in [-0.4, -0.2) is 6.15 Å². The highest BCUT2D eigenvalue weighted by Gasteiger charge is 2.52. The van der Waals surface area contributed by atoms with Crippen LogP contribution in [0.1, 0.15) is 33.4 Å². The van der Waals surface area contributed by atoms with Crippen molar-refractivity contribution in [2.45, 2.75) is 41.5 Å². The van der Waals surface area contributed by atoms with Crippen LogP contribution in [0.15, 0.2) is 54.6 Å². The Morgan fingerprint density at radius 1 is 0.229 bits per heavy atom. The molecule has 0 fully saturated rings. The molecule has 0 radical (unpaired) electrons. The van der Waals surface area contributed by atoms with E-state index in [0.29, 0.717) is 0 Å². The minimum Gasteiger partial charge on any atom is -0.207 e. The first-order chi connectivity index (χ1) is 32.6. The van der Waals surface area contributed by atoms with E-state index in [1.807, 2.05) is 0 Å². The standard InChI is InChI=1S/C24BF20.C24H27P/c26-5-1(6(27)14(35)21(42)13(5)34)25(2-7(28)15(36)22(43)16(37)8(2)29,3-9(30)17(38)23(44)18(39)10(3)31)4-11(32)19(40)24(45)20(41)12(4)33;1-16-10-7-11-17(2)22(16)25(23-18(3)12-8-13-19(23)4)24-20(5)14-9-15-21(24)6/h;7-15H,1-6H3/q-1;/p+1. The zero-order chi connectivity index (χ0) is 52.5. The fraction of sp³-hybridized carbons (Fsp3) is 0.125. The van der Waals surface area contributed by atoms with Gasteiger partial charge in [0.1, 0.15) is 76.5 Å². The summed E-state index contributed by atoms with van der Waals surface area (Å²) in [5, 5.41) is 4.67. The largest absolute Gasteiger partial charge is 0.207 e. The summed E-state index contributed by atoms with van der Waals surface area (Å²) in [7, 11) is -1.06. The Labute approximate surface area is 384 Å². The minimum absolute atomic E-state index is 1.06. The Kier molecular flexibility index (Phi) is 14.7. The first kappa shape index (κ1) is 53.0. The molecule has 0 aliphatic carbocycles. The molecule has 7 rings (SSSR count). The lowest BCUT2D eigenvalue weighted by Gasteiger charge is -2.44. The van der Waals surface area contributed by atoms with Gasteiger partial charge in [0.25, 0.3) is 0 Å². The molecule has 7 aromatic carbocycles. The van der Waals surface area contributed by atoms with E-state index in [2.05, 4.69) is 96.1 Å². The van der Waals surface area contributed by atoms with Crippen LogP contribution in [0.2, 0.25) is 0 Å². The second kappa shape index (κ2) is 19.4. The van der Waals surface area contributed by atoms with Crippen molar-refractivity contribution < 1.29 is 87.8 Å². The van der Waals surface area contributed by atoms with Gasteiger partial charge in [-0.15, -0.1) is 21.9 Å². The Balaban J connectivity index is 0.000000270. The van der Waals surface area contributed by atoms with Crippen molar-refractivity contribution in [2.24, 2.45) is 0 Å². The molecule has 0 heterocycles. The van der Waals surface area contributed by atoms with Crippen LogP contribution in [0.3, 0.4) is 0 Å². The first-order valence-electron chi connectivity index (χ1n) is 19.9. The van der Waals surface area contributed by atoms with Crippen molar-refractivity contribution >= 4 is 51.8 Å². The number of hydrogen-bond acceptors (Lipinski definition) is 0. The van der Waals surface area contributed by atoms with Crippen molar-refractivity contribution in [1.82, 2.24) is 0 Å². The molecule has 0 aromatic heterocycles. The molecule has 22 heteroatoms. The van der Waals surface area contributed by atoms with Crippen LogP contribution in [0.5, 0.6) is 0 Å². The summed E-state index contributed by atoms with van der Waals surface area (Å²) >= 11 is 0. The number of halogens is 20. The summed E-state index contributed by atoms with van der Waals surface area (Å²) in [5.74, 6) is -71.4. The normalized spacial score (nSPS) is 11.7. The van der Waals surface area contributed by atoms with Gasteiger partial charge in [-0.3, -0.25) is 0 Å². The molecule has 368 valence electrons. The second-order valence-corrected chi connectivity index (χ2v) is 18.2. The quantitative estimate of drug-likeness (QED) is 0.0491. The maximum absolute atomic E-state index is 15.4. The number of rotatable bonds is 7. The summed E-state index contributed by atoms with van der Waals surface area (Å²) in [5.41, 5.74) is -5.83. The van der Waals surface area contributed by atoms with Crippen molar-refractivity contribution in [3.05, 3.63) is 204 Å². The van der Waals surface area contributed by atoms with Crippen LogP contribution in [-0.2, 0) is 0 Å². The zero-order valence-corrected chi connectivity index (χ0v) is 37.3. The predicted molar refractivity (Wildman–Crippen MR) is 224 cm³/mol. The van der Waals surface area contributed by atoms with E-state index in [1.54, 1.807) is 15.9 Å². The zero-order valence-electron chi connectivity index (χ0n) is 36.3. The van der Waals surface area contributed by atoms with Gasteiger partial charge in [0, 0.05) is 0 Å². The van der Waals surface area contributed by atoms with Crippen LogP contribution in [0.25, 0.3) is 0 Å². The van der Waals surface area contributed by atoms with Gasteiger partial charge in [0.2, 0.25) is 0 Å². The van der Waals surface area contributed by atoms with Gasteiger partial charge < -0.3 is 0 Å². The molecule has 0 saturated carbocycles. The molecular weight excluding hydrogens is 998 g/mol. The smallest absolute Gasteiger partial charge is 0.200 e. The number of aryl methyl sites for hydroxylation is 6. The second-order valence-electron chi connectivity index (χ2n) is 16.0. The maximum Gasteiger partial charge on any atom is 0.200 e. The third-order valence-corrected chi connectivity index (χ3v) is 15.8. The summed E-state index contributed by atoms with van der Waals surface area (Å²) in [6.07, 6.45) is -7.22. The van der Waals surface area contributed by atoms with E-state index in [-0.39, 0.29) is 0 Å². The molecule has 0 spiro atoms. The molecular formula is C48H28BF20P. The van der Waals surface area contributed by atoms with E-state index in [9.17, 15) is 52.7 Å².